The van der Waals surface area contributed by atoms with Crippen molar-refractivity contribution >= 4 is 11.9 Å². The first-order chi connectivity index (χ1) is 9.65. The first-order valence-electron chi connectivity index (χ1n) is 8.19. The van der Waals surface area contributed by atoms with Crippen LogP contribution in [0.4, 0.5) is 0 Å². The Bertz CT molecular complexity index is 333. The minimum atomic E-state index is -1.23. The lowest BCUT2D eigenvalue weighted by Gasteiger charge is -2.38. The maximum absolute atomic E-state index is 12.0. The van der Waals surface area contributed by atoms with Gasteiger partial charge < -0.3 is 10.4 Å². The summed E-state index contributed by atoms with van der Waals surface area (Å²) in [6, 6.07) is 0. The van der Waals surface area contributed by atoms with E-state index in [0.717, 1.165) is 19.3 Å². The number of nitrogens with one attached hydrogen (secondary N) is 1. The van der Waals surface area contributed by atoms with Gasteiger partial charge in [0, 0.05) is 6.42 Å². The number of carboxylic acids is 1. The van der Waals surface area contributed by atoms with E-state index in [-0.39, 0.29) is 5.91 Å². The number of rotatable bonds is 10. The lowest BCUT2D eigenvalue weighted by atomic mass is 9.74. The maximum atomic E-state index is 12.0. The van der Waals surface area contributed by atoms with E-state index in [0.29, 0.717) is 6.42 Å². The van der Waals surface area contributed by atoms with Gasteiger partial charge in [0.05, 0.1) is 0 Å². The molecule has 124 valence electrons. The minimum absolute atomic E-state index is 0.164. The molecule has 0 aromatic rings. The van der Waals surface area contributed by atoms with Crippen LogP contribution in [0.5, 0.6) is 0 Å². The van der Waals surface area contributed by atoms with Crippen molar-refractivity contribution in [2.24, 2.45) is 5.41 Å². The molecule has 0 rings (SSSR count). The highest BCUT2D eigenvalue weighted by Gasteiger charge is 2.45. The lowest BCUT2D eigenvalue weighted by Crippen LogP contribution is -2.60. The molecule has 0 aliphatic rings. The van der Waals surface area contributed by atoms with Crippen molar-refractivity contribution in [2.45, 2.75) is 91.5 Å². The minimum Gasteiger partial charge on any atom is -0.479 e. The number of aliphatic carboxylic acids is 1. The average molecular weight is 299 g/mol. The fraction of sp³-hybridized carbons (Fsp3) is 0.882. The molecule has 4 heteroatoms. The van der Waals surface area contributed by atoms with Gasteiger partial charge in [-0.3, -0.25) is 4.79 Å². The summed E-state index contributed by atoms with van der Waals surface area (Å²) in [4.78, 5) is 23.4. The second-order valence-corrected chi connectivity index (χ2v) is 7.10. The van der Waals surface area contributed by atoms with Gasteiger partial charge in [-0.15, -0.1) is 0 Å². The van der Waals surface area contributed by atoms with Gasteiger partial charge in [0.2, 0.25) is 5.91 Å². The Balaban J connectivity index is 4.10. The average Bonchev–Trinajstić information content (AvgIpc) is 2.36. The third-order valence-corrected chi connectivity index (χ3v) is 4.32. The molecule has 0 saturated heterocycles. The van der Waals surface area contributed by atoms with Crippen LogP contribution in [-0.2, 0) is 9.59 Å². The molecule has 0 radical (unpaired) electrons. The molecular weight excluding hydrogens is 266 g/mol. The third kappa shape index (κ3) is 6.96. The molecule has 4 nitrogen and oxygen atoms in total. The second-order valence-electron chi connectivity index (χ2n) is 7.10. The standard InChI is InChI=1S/C17H33NO3/c1-6-7-8-9-10-11-12-13-14(19)18-17(5,15(20)21)16(2,3)4/h6-13H2,1-5H3,(H,18,19)(H,20,21). The Hall–Kier alpha value is -1.06. The summed E-state index contributed by atoms with van der Waals surface area (Å²) in [6.07, 6.45) is 8.45. The number of carbonyl (C=O) groups excluding carboxylic acids is 1. The number of hydrogen-bond acceptors (Lipinski definition) is 2. The van der Waals surface area contributed by atoms with Gasteiger partial charge in [-0.05, 0) is 18.8 Å². The zero-order chi connectivity index (χ0) is 16.5. The largest absolute Gasteiger partial charge is 0.479 e. The van der Waals surface area contributed by atoms with Crippen LogP contribution in [0.2, 0.25) is 0 Å². The van der Waals surface area contributed by atoms with Crippen LogP contribution >= 0.6 is 0 Å². The quantitative estimate of drug-likeness (QED) is 0.596. The fourth-order valence-electron chi connectivity index (χ4n) is 2.15. The van der Waals surface area contributed by atoms with E-state index in [1.165, 1.54) is 25.7 Å². The monoisotopic (exact) mass is 299 g/mol. The fourth-order valence-corrected chi connectivity index (χ4v) is 2.15. The molecule has 0 heterocycles. The molecule has 0 aliphatic carbocycles. The zero-order valence-electron chi connectivity index (χ0n) is 14.4. The summed E-state index contributed by atoms with van der Waals surface area (Å²) >= 11 is 0. The summed E-state index contributed by atoms with van der Waals surface area (Å²) in [5.41, 5.74) is -1.76. The van der Waals surface area contributed by atoms with Gasteiger partial charge in [-0.1, -0.05) is 66.2 Å². The molecule has 0 aromatic carbocycles. The Morgan fingerprint density at radius 2 is 1.38 bits per heavy atom. The highest BCUT2D eigenvalue weighted by atomic mass is 16.4. The van der Waals surface area contributed by atoms with Gasteiger partial charge in [-0.2, -0.15) is 0 Å². The first kappa shape index (κ1) is 19.9. The van der Waals surface area contributed by atoms with E-state index >= 15 is 0 Å². The summed E-state index contributed by atoms with van der Waals surface area (Å²) in [5, 5.41) is 12.1. The molecule has 0 saturated carbocycles. The van der Waals surface area contributed by atoms with Crippen molar-refractivity contribution in [3.05, 3.63) is 0 Å². The van der Waals surface area contributed by atoms with Crippen LogP contribution < -0.4 is 5.32 Å². The normalized spacial score (nSPS) is 14.5. The van der Waals surface area contributed by atoms with Gasteiger partial charge >= 0.3 is 5.97 Å². The van der Waals surface area contributed by atoms with E-state index < -0.39 is 16.9 Å². The van der Waals surface area contributed by atoms with E-state index in [2.05, 4.69) is 12.2 Å². The van der Waals surface area contributed by atoms with Crippen LogP contribution in [0.3, 0.4) is 0 Å². The predicted octanol–water partition coefficient (Wildman–Crippen LogP) is 4.13. The van der Waals surface area contributed by atoms with Crippen molar-refractivity contribution < 1.29 is 14.7 Å². The number of carboxylic acid groups (broad SMARTS) is 1. The number of hydrogen-bond donors (Lipinski definition) is 2. The van der Waals surface area contributed by atoms with Crippen LogP contribution in [0.25, 0.3) is 0 Å². The highest BCUT2D eigenvalue weighted by Crippen LogP contribution is 2.30. The Labute approximate surface area is 129 Å². The molecule has 0 fully saturated rings. The molecule has 0 spiro atoms. The Morgan fingerprint density at radius 3 is 1.81 bits per heavy atom. The van der Waals surface area contributed by atoms with Gasteiger partial charge in [0.25, 0.3) is 0 Å². The van der Waals surface area contributed by atoms with Crippen molar-refractivity contribution in [3.63, 3.8) is 0 Å². The van der Waals surface area contributed by atoms with E-state index in [4.69, 9.17) is 0 Å². The smallest absolute Gasteiger partial charge is 0.329 e. The van der Waals surface area contributed by atoms with E-state index in [9.17, 15) is 14.7 Å². The number of unbranched alkanes of at least 4 members (excludes halogenated alkanes) is 6. The number of amides is 1. The third-order valence-electron chi connectivity index (χ3n) is 4.32. The van der Waals surface area contributed by atoms with Crippen LogP contribution in [-0.4, -0.2) is 22.5 Å². The number of carbonyl (C=O) groups is 2. The van der Waals surface area contributed by atoms with Gasteiger partial charge in [0.1, 0.15) is 5.54 Å². The molecule has 0 aromatic heterocycles. The molecule has 1 unspecified atom stereocenters. The summed E-state index contributed by atoms with van der Waals surface area (Å²) in [6.45, 7) is 9.26. The molecule has 1 atom stereocenters. The lowest BCUT2D eigenvalue weighted by molar-refractivity contribution is -0.152. The summed E-state index contributed by atoms with van der Waals surface area (Å²) < 4.78 is 0. The maximum Gasteiger partial charge on any atom is 0.329 e. The van der Waals surface area contributed by atoms with E-state index in [1.54, 1.807) is 6.92 Å². The van der Waals surface area contributed by atoms with Crippen molar-refractivity contribution in [2.75, 3.05) is 0 Å². The second kappa shape index (κ2) is 9.06. The van der Waals surface area contributed by atoms with Crippen molar-refractivity contribution in [1.82, 2.24) is 5.32 Å². The van der Waals surface area contributed by atoms with Crippen LogP contribution in [0, 0.1) is 5.41 Å². The Morgan fingerprint density at radius 1 is 0.905 bits per heavy atom. The predicted molar refractivity (Wildman–Crippen MR) is 86.2 cm³/mol. The first-order valence-corrected chi connectivity index (χ1v) is 8.19. The molecule has 0 aliphatic heterocycles. The molecule has 1 amide bonds. The molecule has 21 heavy (non-hydrogen) atoms. The molecule has 0 bridgehead atoms. The van der Waals surface area contributed by atoms with Gasteiger partial charge in [-0.25, -0.2) is 4.79 Å². The van der Waals surface area contributed by atoms with E-state index in [1.807, 2.05) is 20.8 Å². The topological polar surface area (TPSA) is 66.4 Å². The van der Waals surface area contributed by atoms with Gasteiger partial charge in [0.15, 0.2) is 0 Å². The molecule has 2 N–H and O–H groups in total. The zero-order valence-corrected chi connectivity index (χ0v) is 14.4. The van der Waals surface area contributed by atoms with Crippen molar-refractivity contribution in [3.8, 4) is 0 Å². The molecular formula is C17H33NO3. The highest BCUT2D eigenvalue weighted by molar-refractivity contribution is 5.87. The Kier molecular flexibility index (Phi) is 8.60. The summed E-state index contributed by atoms with van der Waals surface area (Å²) in [5.74, 6) is -1.15. The summed E-state index contributed by atoms with van der Waals surface area (Å²) in [7, 11) is 0. The van der Waals surface area contributed by atoms with Crippen molar-refractivity contribution in [1.29, 1.82) is 0 Å². The van der Waals surface area contributed by atoms with Crippen LogP contribution in [0.1, 0.15) is 86.0 Å². The van der Waals surface area contributed by atoms with Crippen LogP contribution in [0.15, 0.2) is 0 Å². The SMILES string of the molecule is CCCCCCCCCC(=O)NC(C)(C(=O)O)C(C)(C)C.